The SMILES string of the molecule is CCOc1ccccc1CNc1ccccc1CN(C)C. The molecule has 21 heavy (non-hydrogen) atoms. The van der Waals surface area contributed by atoms with Crippen molar-refractivity contribution in [3.8, 4) is 5.75 Å². The average Bonchev–Trinajstić information content (AvgIpc) is 2.47. The quantitative estimate of drug-likeness (QED) is 0.838. The summed E-state index contributed by atoms with van der Waals surface area (Å²) in [5.74, 6) is 0.956. The highest BCUT2D eigenvalue weighted by Crippen LogP contribution is 2.21. The van der Waals surface area contributed by atoms with Crippen molar-refractivity contribution in [2.45, 2.75) is 20.0 Å². The first-order valence-electron chi connectivity index (χ1n) is 7.38. The van der Waals surface area contributed by atoms with Gasteiger partial charge in [0.1, 0.15) is 5.75 Å². The predicted molar refractivity (Wildman–Crippen MR) is 88.8 cm³/mol. The van der Waals surface area contributed by atoms with Crippen LogP contribution in [0.1, 0.15) is 18.1 Å². The summed E-state index contributed by atoms with van der Waals surface area (Å²) in [4.78, 5) is 2.18. The fraction of sp³-hybridized carbons (Fsp3) is 0.333. The molecule has 0 radical (unpaired) electrons. The van der Waals surface area contributed by atoms with Crippen molar-refractivity contribution in [2.24, 2.45) is 0 Å². The summed E-state index contributed by atoms with van der Waals surface area (Å²) in [6.07, 6.45) is 0. The van der Waals surface area contributed by atoms with Crippen molar-refractivity contribution < 1.29 is 4.74 Å². The molecule has 2 aromatic carbocycles. The minimum atomic E-state index is 0.689. The van der Waals surface area contributed by atoms with E-state index in [1.165, 1.54) is 16.8 Å². The molecule has 0 aromatic heterocycles. The lowest BCUT2D eigenvalue weighted by molar-refractivity contribution is 0.337. The van der Waals surface area contributed by atoms with Gasteiger partial charge in [0.15, 0.2) is 0 Å². The summed E-state index contributed by atoms with van der Waals surface area (Å²) >= 11 is 0. The zero-order valence-corrected chi connectivity index (χ0v) is 13.1. The summed E-state index contributed by atoms with van der Waals surface area (Å²) in [5, 5.41) is 3.53. The van der Waals surface area contributed by atoms with Crippen LogP contribution in [0.15, 0.2) is 48.5 Å². The maximum atomic E-state index is 5.67. The summed E-state index contributed by atoms with van der Waals surface area (Å²) in [7, 11) is 4.17. The number of anilines is 1. The zero-order valence-electron chi connectivity index (χ0n) is 13.1. The Morgan fingerprint density at radius 2 is 1.62 bits per heavy atom. The number of benzene rings is 2. The maximum Gasteiger partial charge on any atom is 0.124 e. The van der Waals surface area contributed by atoms with Gasteiger partial charge in [0.2, 0.25) is 0 Å². The predicted octanol–water partition coefficient (Wildman–Crippen LogP) is 3.76. The van der Waals surface area contributed by atoms with Crippen molar-refractivity contribution in [2.75, 3.05) is 26.0 Å². The van der Waals surface area contributed by atoms with Gasteiger partial charge in [0.05, 0.1) is 6.61 Å². The van der Waals surface area contributed by atoms with E-state index in [9.17, 15) is 0 Å². The maximum absolute atomic E-state index is 5.67. The summed E-state index contributed by atoms with van der Waals surface area (Å²) in [6.45, 7) is 4.39. The van der Waals surface area contributed by atoms with E-state index in [0.717, 1.165) is 18.8 Å². The number of nitrogens with one attached hydrogen (secondary N) is 1. The van der Waals surface area contributed by atoms with Gasteiger partial charge in [-0.05, 0) is 38.7 Å². The largest absolute Gasteiger partial charge is 0.494 e. The number of hydrogen-bond donors (Lipinski definition) is 1. The minimum absolute atomic E-state index is 0.689. The number of ether oxygens (including phenoxy) is 1. The molecule has 1 N–H and O–H groups in total. The molecule has 0 saturated heterocycles. The Kier molecular flexibility index (Phi) is 5.64. The second-order valence-electron chi connectivity index (χ2n) is 5.29. The molecule has 3 nitrogen and oxygen atoms in total. The van der Waals surface area contributed by atoms with Crippen LogP contribution in [0.2, 0.25) is 0 Å². The molecule has 0 aliphatic carbocycles. The van der Waals surface area contributed by atoms with Crippen molar-refractivity contribution in [1.29, 1.82) is 0 Å². The molecule has 3 heteroatoms. The second kappa shape index (κ2) is 7.70. The third-order valence-corrected chi connectivity index (χ3v) is 3.25. The van der Waals surface area contributed by atoms with Gasteiger partial charge in [0, 0.05) is 24.3 Å². The van der Waals surface area contributed by atoms with Gasteiger partial charge in [-0.15, -0.1) is 0 Å². The highest BCUT2D eigenvalue weighted by Gasteiger charge is 2.05. The van der Waals surface area contributed by atoms with Crippen LogP contribution in [0.25, 0.3) is 0 Å². The van der Waals surface area contributed by atoms with Gasteiger partial charge in [-0.2, -0.15) is 0 Å². The van der Waals surface area contributed by atoms with Gasteiger partial charge in [0.25, 0.3) is 0 Å². The molecule has 0 bridgehead atoms. The molecular weight excluding hydrogens is 260 g/mol. The molecule has 2 rings (SSSR count). The molecule has 0 unspecified atom stereocenters. The van der Waals surface area contributed by atoms with E-state index in [1.807, 2.05) is 25.1 Å². The van der Waals surface area contributed by atoms with Crippen LogP contribution < -0.4 is 10.1 Å². The lowest BCUT2D eigenvalue weighted by Crippen LogP contribution is -2.13. The molecular formula is C18H24N2O. The molecule has 0 heterocycles. The Bertz CT molecular complexity index is 567. The van der Waals surface area contributed by atoms with Crippen molar-refractivity contribution in [1.82, 2.24) is 4.90 Å². The Morgan fingerprint density at radius 3 is 2.33 bits per heavy atom. The lowest BCUT2D eigenvalue weighted by atomic mass is 10.1. The van der Waals surface area contributed by atoms with E-state index in [2.05, 4.69) is 54.6 Å². The summed E-state index contributed by atoms with van der Waals surface area (Å²) < 4.78 is 5.67. The standard InChI is InChI=1S/C18H24N2O/c1-4-21-18-12-8-6-9-15(18)13-19-17-11-7-5-10-16(17)14-20(2)3/h5-12,19H,4,13-14H2,1-3H3. The Labute approximate surface area is 127 Å². The smallest absolute Gasteiger partial charge is 0.124 e. The van der Waals surface area contributed by atoms with Crippen LogP contribution in [0.5, 0.6) is 5.75 Å². The molecule has 0 atom stereocenters. The van der Waals surface area contributed by atoms with Crippen LogP contribution in [-0.4, -0.2) is 25.6 Å². The monoisotopic (exact) mass is 284 g/mol. The van der Waals surface area contributed by atoms with Crippen LogP contribution in [0.3, 0.4) is 0 Å². The first kappa shape index (κ1) is 15.4. The average molecular weight is 284 g/mol. The number of hydrogen-bond acceptors (Lipinski definition) is 3. The summed E-state index contributed by atoms with van der Waals surface area (Å²) in [5.41, 5.74) is 3.66. The molecule has 0 aliphatic rings. The van der Waals surface area contributed by atoms with Gasteiger partial charge in [-0.3, -0.25) is 0 Å². The van der Waals surface area contributed by atoms with Crippen LogP contribution >= 0.6 is 0 Å². The first-order chi connectivity index (χ1) is 10.2. The molecule has 0 aliphatic heterocycles. The highest BCUT2D eigenvalue weighted by molar-refractivity contribution is 5.52. The van der Waals surface area contributed by atoms with E-state index in [1.54, 1.807) is 0 Å². The molecule has 0 amide bonds. The van der Waals surface area contributed by atoms with Crippen molar-refractivity contribution in [3.63, 3.8) is 0 Å². The van der Waals surface area contributed by atoms with Crippen molar-refractivity contribution >= 4 is 5.69 Å². The fourth-order valence-corrected chi connectivity index (χ4v) is 2.31. The summed E-state index contributed by atoms with van der Waals surface area (Å²) in [6, 6.07) is 16.6. The fourth-order valence-electron chi connectivity index (χ4n) is 2.31. The first-order valence-corrected chi connectivity index (χ1v) is 7.38. The lowest BCUT2D eigenvalue weighted by Gasteiger charge is -2.16. The zero-order chi connectivity index (χ0) is 15.1. The van der Waals surface area contributed by atoms with Crippen molar-refractivity contribution in [3.05, 3.63) is 59.7 Å². The Hall–Kier alpha value is -2.00. The van der Waals surface area contributed by atoms with Gasteiger partial charge in [-0.25, -0.2) is 0 Å². The van der Waals surface area contributed by atoms with Gasteiger partial charge in [-0.1, -0.05) is 36.4 Å². The molecule has 2 aromatic rings. The third-order valence-electron chi connectivity index (χ3n) is 3.25. The van der Waals surface area contributed by atoms with Crippen LogP contribution in [0, 0.1) is 0 Å². The van der Waals surface area contributed by atoms with Crippen LogP contribution in [0.4, 0.5) is 5.69 Å². The second-order valence-corrected chi connectivity index (χ2v) is 5.29. The van der Waals surface area contributed by atoms with E-state index in [0.29, 0.717) is 6.61 Å². The number of rotatable bonds is 7. The third kappa shape index (κ3) is 4.50. The molecule has 0 spiro atoms. The highest BCUT2D eigenvalue weighted by atomic mass is 16.5. The normalized spacial score (nSPS) is 10.7. The Balaban J connectivity index is 2.10. The number of nitrogens with zero attached hydrogens (tertiary/aromatic N) is 1. The molecule has 0 saturated carbocycles. The molecule has 0 fully saturated rings. The van der Waals surface area contributed by atoms with E-state index < -0.39 is 0 Å². The van der Waals surface area contributed by atoms with E-state index in [-0.39, 0.29) is 0 Å². The van der Waals surface area contributed by atoms with Crippen LogP contribution in [-0.2, 0) is 13.1 Å². The Morgan fingerprint density at radius 1 is 0.952 bits per heavy atom. The topological polar surface area (TPSA) is 24.5 Å². The molecule has 112 valence electrons. The van der Waals surface area contributed by atoms with E-state index >= 15 is 0 Å². The minimum Gasteiger partial charge on any atom is -0.494 e. The van der Waals surface area contributed by atoms with Gasteiger partial charge < -0.3 is 15.0 Å². The van der Waals surface area contributed by atoms with Gasteiger partial charge >= 0.3 is 0 Å². The number of para-hydroxylation sites is 2. The van der Waals surface area contributed by atoms with E-state index in [4.69, 9.17) is 4.74 Å².